The Bertz CT molecular complexity index is 2260. The molecule has 0 spiro atoms. The van der Waals surface area contributed by atoms with Crippen molar-refractivity contribution in [3.8, 4) is 40.2 Å². The van der Waals surface area contributed by atoms with Crippen LogP contribution in [-0.4, -0.2) is 44.3 Å². The Balaban J connectivity index is 1.41. The lowest BCUT2D eigenvalue weighted by atomic mass is 9.70. The number of unbranched alkanes of at least 4 members (excludes halogenated alkanes) is 8. The SMILES string of the molecule is CCCCCC1c2cc3c4cc2OCOc2cc5c(cc21)C(CCCCC)(OCO5)c1ccc2c(c1)C(CCCCC)c1cc(c(c(B(O)O)c1OCO2)OCO4)C3CCCCC. The van der Waals surface area contributed by atoms with Gasteiger partial charge in [-0.3, -0.25) is 0 Å². The van der Waals surface area contributed by atoms with E-state index >= 15 is 0 Å². The smallest absolute Gasteiger partial charge is 0.467 e. The van der Waals surface area contributed by atoms with Crippen molar-refractivity contribution in [3.05, 3.63) is 93.0 Å². The van der Waals surface area contributed by atoms with Gasteiger partial charge in [-0.25, -0.2) is 0 Å². The van der Waals surface area contributed by atoms with E-state index in [2.05, 4.69) is 70.2 Å². The molecule has 63 heavy (non-hydrogen) atoms. The lowest BCUT2D eigenvalue weighted by Gasteiger charge is -2.41. The summed E-state index contributed by atoms with van der Waals surface area (Å²) >= 11 is 0. The molecule has 0 saturated carbocycles. The fourth-order valence-corrected chi connectivity index (χ4v) is 11.0. The molecule has 9 rings (SSSR count). The molecule has 4 atom stereocenters. The van der Waals surface area contributed by atoms with Crippen LogP contribution in [0.4, 0.5) is 0 Å². The third-order valence-corrected chi connectivity index (χ3v) is 14.2. The number of benzene rings is 4. The Morgan fingerprint density at radius 2 is 0.937 bits per heavy atom. The second-order valence-electron chi connectivity index (χ2n) is 18.1. The van der Waals surface area contributed by atoms with Gasteiger partial charge in [0.1, 0.15) is 45.8 Å². The zero-order chi connectivity index (χ0) is 43.5. The molecule has 4 heterocycles. The minimum Gasteiger partial charge on any atom is -0.467 e. The Hall–Kier alpha value is -4.58. The first-order valence-electron chi connectivity index (χ1n) is 24.0. The van der Waals surface area contributed by atoms with E-state index in [0.29, 0.717) is 17.2 Å². The third kappa shape index (κ3) is 8.23. The number of fused-ring (bicyclic) bond motifs is 2. The minimum atomic E-state index is -1.89. The van der Waals surface area contributed by atoms with Crippen LogP contribution in [-0.2, 0) is 10.3 Å². The molecule has 1 aliphatic carbocycles. The number of ether oxygens (including phenoxy) is 8. The van der Waals surface area contributed by atoms with E-state index in [9.17, 15) is 10.0 Å². The fraction of sp³-hybridized carbons (Fsp3) is 0.538. The van der Waals surface area contributed by atoms with Gasteiger partial charge in [0.25, 0.3) is 0 Å². The molecule has 0 amide bonds. The molecule has 0 saturated heterocycles. The van der Waals surface area contributed by atoms with Crippen molar-refractivity contribution < 1.29 is 47.9 Å². The standard InChI is InChI=1S/C52H65BO10/c1-5-9-13-17-34-38-24-39-36(19-15-11-7-3)42-25-41-35(18-14-10-6-2)37-23-33-20-21-44(37)56-30-61-50(41)49(53(54)55)51(42)62-31-59-46(39)27-45(38)57-29-58-47-28-48-43(26-40(34)47)52(33,63-32-60-48)22-16-12-8-4/h20-21,23-28,34-36,54-55H,5-19,22,29-32H2,1-4H3. The molecular formula is C52H65BO10. The summed E-state index contributed by atoms with van der Waals surface area (Å²) in [5.74, 6) is 3.95. The normalized spacial score (nSPS) is 21.1. The van der Waals surface area contributed by atoms with E-state index < -0.39 is 12.7 Å². The summed E-state index contributed by atoms with van der Waals surface area (Å²) in [4.78, 5) is 0. The molecule has 4 aromatic carbocycles. The van der Waals surface area contributed by atoms with Gasteiger partial charge >= 0.3 is 7.12 Å². The summed E-state index contributed by atoms with van der Waals surface area (Å²) in [6.45, 7) is 8.77. The molecule has 0 fully saturated rings. The van der Waals surface area contributed by atoms with Gasteiger partial charge in [0, 0.05) is 68.8 Å². The van der Waals surface area contributed by atoms with Crippen LogP contribution >= 0.6 is 0 Å². The second kappa shape index (κ2) is 19.3. The van der Waals surface area contributed by atoms with Gasteiger partial charge in [-0.05, 0) is 68.0 Å². The van der Waals surface area contributed by atoms with Gasteiger partial charge in [0.2, 0.25) is 20.4 Å². The van der Waals surface area contributed by atoms with Crippen LogP contribution in [0, 0.1) is 0 Å². The first kappa shape index (κ1) is 43.7. The summed E-state index contributed by atoms with van der Waals surface area (Å²) in [5, 5.41) is 22.9. The van der Waals surface area contributed by atoms with Gasteiger partial charge in [0.05, 0.1) is 5.46 Å². The average molecular weight is 861 g/mol. The monoisotopic (exact) mass is 860 g/mol. The number of hydrogen-bond donors (Lipinski definition) is 2. The van der Waals surface area contributed by atoms with Crippen molar-refractivity contribution >= 4 is 12.6 Å². The maximum absolute atomic E-state index is 11.5. The highest BCUT2D eigenvalue weighted by Gasteiger charge is 2.45. The van der Waals surface area contributed by atoms with Crippen LogP contribution in [0.15, 0.2) is 48.5 Å². The predicted octanol–water partition coefficient (Wildman–Crippen LogP) is 11.2. The highest BCUT2D eigenvalue weighted by molar-refractivity contribution is 6.61. The van der Waals surface area contributed by atoms with E-state index in [4.69, 9.17) is 37.9 Å². The molecule has 2 N–H and O–H groups in total. The zero-order valence-electron chi connectivity index (χ0n) is 37.7. The summed E-state index contributed by atoms with van der Waals surface area (Å²) in [6, 6.07) is 17.6. The van der Waals surface area contributed by atoms with Gasteiger partial charge < -0.3 is 47.9 Å². The zero-order valence-corrected chi connectivity index (χ0v) is 37.7. The molecular weight excluding hydrogens is 795 g/mol. The molecule has 4 unspecified atom stereocenters. The summed E-state index contributed by atoms with van der Waals surface area (Å²) < 4.78 is 52.8. The van der Waals surface area contributed by atoms with Crippen molar-refractivity contribution in [2.24, 2.45) is 0 Å². The molecule has 8 bridgehead atoms. The van der Waals surface area contributed by atoms with Crippen molar-refractivity contribution in [2.75, 3.05) is 27.2 Å². The van der Waals surface area contributed by atoms with Gasteiger partial charge in [0.15, 0.2) is 6.79 Å². The maximum Gasteiger partial charge on any atom is 0.496 e. The van der Waals surface area contributed by atoms with Crippen molar-refractivity contribution in [3.63, 3.8) is 0 Å². The Morgan fingerprint density at radius 1 is 0.476 bits per heavy atom. The number of hydrogen-bond acceptors (Lipinski definition) is 10. The Labute approximate surface area is 373 Å². The minimum absolute atomic E-state index is 0.0186. The highest BCUT2D eigenvalue weighted by atomic mass is 16.7. The third-order valence-electron chi connectivity index (χ3n) is 14.2. The van der Waals surface area contributed by atoms with Crippen LogP contribution in [0.2, 0.25) is 0 Å². The Morgan fingerprint density at radius 3 is 1.51 bits per heavy atom. The van der Waals surface area contributed by atoms with Crippen LogP contribution in [0.5, 0.6) is 40.2 Å². The van der Waals surface area contributed by atoms with Crippen molar-refractivity contribution in [1.82, 2.24) is 0 Å². The van der Waals surface area contributed by atoms with Crippen LogP contribution in [0.3, 0.4) is 0 Å². The molecule has 10 nitrogen and oxygen atoms in total. The first-order chi connectivity index (χ1) is 30.9. The quantitative estimate of drug-likeness (QED) is 0.0785. The van der Waals surface area contributed by atoms with E-state index in [-0.39, 0.29) is 50.4 Å². The summed E-state index contributed by atoms with van der Waals surface area (Å²) in [5.41, 5.74) is 7.46. The largest absolute Gasteiger partial charge is 0.496 e. The molecule has 0 aromatic heterocycles. The molecule has 4 aromatic rings. The van der Waals surface area contributed by atoms with Gasteiger partial charge in [-0.2, -0.15) is 0 Å². The molecule has 336 valence electrons. The van der Waals surface area contributed by atoms with E-state index in [1.807, 2.05) is 6.07 Å². The first-order valence-corrected chi connectivity index (χ1v) is 24.0. The van der Waals surface area contributed by atoms with Gasteiger partial charge in [-0.15, -0.1) is 0 Å². The van der Waals surface area contributed by atoms with Crippen LogP contribution in [0.25, 0.3) is 0 Å². The molecule has 0 radical (unpaired) electrons. The summed E-state index contributed by atoms with van der Waals surface area (Å²) in [7, 11) is -1.89. The van der Waals surface area contributed by atoms with E-state index in [1.54, 1.807) is 0 Å². The van der Waals surface area contributed by atoms with Crippen LogP contribution < -0.4 is 38.6 Å². The van der Waals surface area contributed by atoms with Crippen molar-refractivity contribution in [1.29, 1.82) is 0 Å². The highest BCUT2D eigenvalue weighted by Crippen LogP contribution is 2.55. The van der Waals surface area contributed by atoms with Crippen LogP contribution in [0.1, 0.15) is 193 Å². The number of rotatable bonds is 17. The fourth-order valence-electron chi connectivity index (χ4n) is 11.0. The van der Waals surface area contributed by atoms with Gasteiger partial charge in [-0.1, -0.05) is 104 Å². The molecule has 4 aliphatic heterocycles. The maximum atomic E-state index is 11.5. The lowest BCUT2D eigenvalue weighted by molar-refractivity contribution is -0.114. The van der Waals surface area contributed by atoms with E-state index in [0.717, 1.165) is 170 Å². The predicted molar refractivity (Wildman–Crippen MR) is 243 cm³/mol. The Kier molecular flexibility index (Phi) is 13.4. The lowest BCUT2D eigenvalue weighted by Crippen LogP contribution is -2.38. The summed E-state index contributed by atoms with van der Waals surface area (Å²) in [6.07, 6.45) is 15.6. The second-order valence-corrected chi connectivity index (χ2v) is 18.1. The molecule has 11 heteroatoms. The average Bonchev–Trinajstić information content (AvgIpc) is 3.27. The van der Waals surface area contributed by atoms with E-state index in [1.165, 1.54) is 0 Å². The topological polar surface area (TPSA) is 114 Å². The molecule has 5 aliphatic rings. The van der Waals surface area contributed by atoms with Crippen molar-refractivity contribution in [2.45, 2.75) is 154 Å².